The van der Waals surface area contributed by atoms with Gasteiger partial charge < -0.3 is 5.73 Å². The molecule has 1 rings (SSSR count). The van der Waals surface area contributed by atoms with Crippen LogP contribution in [0.5, 0.6) is 0 Å². The fourth-order valence-corrected chi connectivity index (χ4v) is 1.69. The van der Waals surface area contributed by atoms with E-state index in [9.17, 15) is 4.79 Å². The SMILES string of the molecule is CC(C)c1ccc(C[C@@H](C)C=NNC(N)=O)cc1. The van der Waals surface area contributed by atoms with Gasteiger partial charge in [0.25, 0.3) is 0 Å². The van der Waals surface area contributed by atoms with Gasteiger partial charge in [-0.3, -0.25) is 0 Å². The summed E-state index contributed by atoms with van der Waals surface area (Å²) in [6.07, 6.45) is 2.59. The summed E-state index contributed by atoms with van der Waals surface area (Å²) in [6, 6.07) is 7.96. The number of primary amides is 1. The van der Waals surface area contributed by atoms with Gasteiger partial charge >= 0.3 is 6.03 Å². The zero-order valence-electron chi connectivity index (χ0n) is 11.2. The van der Waals surface area contributed by atoms with Gasteiger partial charge in [-0.05, 0) is 29.4 Å². The third kappa shape index (κ3) is 4.99. The van der Waals surface area contributed by atoms with E-state index in [2.05, 4.69) is 48.6 Å². The Morgan fingerprint density at radius 3 is 2.44 bits per heavy atom. The Kier molecular flexibility index (Phi) is 5.36. The van der Waals surface area contributed by atoms with E-state index in [1.807, 2.05) is 6.92 Å². The molecule has 0 saturated heterocycles. The number of nitrogens with one attached hydrogen (secondary N) is 1. The van der Waals surface area contributed by atoms with Crippen molar-refractivity contribution in [2.24, 2.45) is 16.8 Å². The van der Waals surface area contributed by atoms with Gasteiger partial charge in [0.15, 0.2) is 0 Å². The second kappa shape index (κ2) is 6.79. The number of amides is 2. The molecule has 0 aliphatic rings. The second-order valence-electron chi connectivity index (χ2n) is 4.83. The molecule has 1 atom stereocenters. The Balaban J connectivity index is 2.51. The van der Waals surface area contributed by atoms with Gasteiger partial charge in [-0.2, -0.15) is 5.10 Å². The van der Waals surface area contributed by atoms with Gasteiger partial charge in [-0.1, -0.05) is 45.0 Å². The van der Waals surface area contributed by atoms with E-state index in [-0.39, 0.29) is 5.92 Å². The Labute approximate surface area is 108 Å². The van der Waals surface area contributed by atoms with E-state index in [0.717, 1.165) is 6.42 Å². The molecule has 2 amide bonds. The molecule has 18 heavy (non-hydrogen) atoms. The van der Waals surface area contributed by atoms with Crippen molar-refractivity contribution in [3.63, 3.8) is 0 Å². The van der Waals surface area contributed by atoms with E-state index in [0.29, 0.717) is 5.92 Å². The van der Waals surface area contributed by atoms with E-state index in [1.165, 1.54) is 11.1 Å². The van der Waals surface area contributed by atoms with E-state index in [1.54, 1.807) is 6.21 Å². The molecule has 0 radical (unpaired) electrons. The molecule has 0 aliphatic carbocycles. The standard InChI is InChI=1S/C14H21N3O/c1-10(2)13-6-4-12(5-7-13)8-11(3)9-16-17-14(15)18/h4-7,9-11H,8H2,1-3H3,(H3,15,17,18)/t11-/m1/s1. The maximum Gasteiger partial charge on any atom is 0.332 e. The van der Waals surface area contributed by atoms with E-state index < -0.39 is 6.03 Å². The minimum atomic E-state index is -0.639. The second-order valence-corrected chi connectivity index (χ2v) is 4.83. The molecule has 0 unspecified atom stereocenters. The number of benzene rings is 1. The lowest BCUT2D eigenvalue weighted by atomic mass is 9.97. The fourth-order valence-electron chi connectivity index (χ4n) is 1.69. The van der Waals surface area contributed by atoms with Crippen LogP contribution < -0.4 is 11.2 Å². The normalized spacial score (nSPS) is 12.9. The highest BCUT2D eigenvalue weighted by Gasteiger charge is 2.03. The number of carbonyl (C=O) groups is 1. The number of nitrogens with zero attached hydrogens (tertiary/aromatic N) is 1. The highest BCUT2D eigenvalue weighted by atomic mass is 16.2. The summed E-state index contributed by atoms with van der Waals surface area (Å²) in [4.78, 5) is 10.4. The first-order valence-electron chi connectivity index (χ1n) is 6.16. The first kappa shape index (κ1) is 14.2. The van der Waals surface area contributed by atoms with Crippen molar-refractivity contribution in [2.75, 3.05) is 0 Å². The highest BCUT2D eigenvalue weighted by Crippen LogP contribution is 2.16. The first-order valence-corrected chi connectivity index (χ1v) is 6.16. The predicted octanol–water partition coefficient (Wildman–Crippen LogP) is 2.64. The van der Waals surface area contributed by atoms with Gasteiger partial charge in [0, 0.05) is 6.21 Å². The van der Waals surface area contributed by atoms with Crippen LogP contribution in [0.4, 0.5) is 4.79 Å². The molecular formula is C14H21N3O. The van der Waals surface area contributed by atoms with Gasteiger partial charge in [0.2, 0.25) is 0 Å². The molecule has 0 saturated carbocycles. The van der Waals surface area contributed by atoms with Crippen LogP contribution in [0.1, 0.15) is 37.8 Å². The van der Waals surface area contributed by atoms with E-state index >= 15 is 0 Å². The van der Waals surface area contributed by atoms with Crippen LogP contribution in [0.15, 0.2) is 29.4 Å². The lowest BCUT2D eigenvalue weighted by molar-refractivity contribution is 0.249. The van der Waals surface area contributed by atoms with Gasteiger partial charge in [0.05, 0.1) is 0 Å². The molecule has 1 aromatic rings. The molecule has 0 aromatic heterocycles. The molecule has 4 nitrogen and oxygen atoms in total. The zero-order valence-corrected chi connectivity index (χ0v) is 11.2. The smallest absolute Gasteiger partial charge is 0.332 e. The Hall–Kier alpha value is -1.84. The largest absolute Gasteiger partial charge is 0.350 e. The molecule has 0 aliphatic heterocycles. The monoisotopic (exact) mass is 247 g/mol. The average molecular weight is 247 g/mol. The van der Waals surface area contributed by atoms with Crippen LogP contribution in [-0.2, 0) is 6.42 Å². The molecule has 1 aromatic carbocycles. The molecule has 0 fully saturated rings. The predicted molar refractivity (Wildman–Crippen MR) is 74.6 cm³/mol. The molecule has 0 heterocycles. The summed E-state index contributed by atoms with van der Waals surface area (Å²) in [6.45, 7) is 6.40. The molecule has 3 N–H and O–H groups in total. The average Bonchev–Trinajstić information content (AvgIpc) is 2.29. The fraction of sp³-hybridized carbons (Fsp3) is 0.429. The number of rotatable bonds is 5. The van der Waals surface area contributed by atoms with Gasteiger partial charge in [-0.25, -0.2) is 10.2 Å². The highest BCUT2D eigenvalue weighted by molar-refractivity contribution is 5.73. The lowest BCUT2D eigenvalue weighted by Crippen LogP contribution is -2.24. The summed E-state index contributed by atoms with van der Waals surface area (Å²) in [7, 11) is 0. The Bertz CT molecular complexity index is 410. The number of carbonyl (C=O) groups excluding carboxylic acids is 1. The van der Waals surface area contributed by atoms with Crippen molar-refractivity contribution in [3.8, 4) is 0 Å². The van der Waals surface area contributed by atoms with Gasteiger partial charge in [0.1, 0.15) is 0 Å². The van der Waals surface area contributed by atoms with Crippen LogP contribution in [0.25, 0.3) is 0 Å². The summed E-state index contributed by atoms with van der Waals surface area (Å²) >= 11 is 0. The van der Waals surface area contributed by atoms with Crippen molar-refractivity contribution in [1.82, 2.24) is 5.43 Å². The lowest BCUT2D eigenvalue weighted by Gasteiger charge is -2.09. The number of nitrogens with two attached hydrogens (primary N) is 1. The topological polar surface area (TPSA) is 67.5 Å². The zero-order chi connectivity index (χ0) is 13.5. The van der Waals surface area contributed by atoms with Crippen LogP contribution in [0, 0.1) is 5.92 Å². The molecule has 0 spiro atoms. The third-order valence-electron chi connectivity index (χ3n) is 2.71. The Morgan fingerprint density at radius 1 is 1.33 bits per heavy atom. The summed E-state index contributed by atoms with van der Waals surface area (Å²) in [5.74, 6) is 0.805. The van der Waals surface area contributed by atoms with Crippen molar-refractivity contribution >= 4 is 12.2 Å². The van der Waals surface area contributed by atoms with Crippen LogP contribution in [-0.4, -0.2) is 12.2 Å². The van der Waals surface area contributed by atoms with Crippen molar-refractivity contribution in [2.45, 2.75) is 33.1 Å². The number of urea groups is 1. The quantitative estimate of drug-likeness (QED) is 0.609. The van der Waals surface area contributed by atoms with Crippen molar-refractivity contribution < 1.29 is 4.79 Å². The van der Waals surface area contributed by atoms with Crippen LogP contribution in [0.2, 0.25) is 0 Å². The van der Waals surface area contributed by atoms with Crippen LogP contribution >= 0.6 is 0 Å². The number of hydrogen-bond donors (Lipinski definition) is 2. The summed E-state index contributed by atoms with van der Waals surface area (Å²) < 4.78 is 0. The third-order valence-corrected chi connectivity index (χ3v) is 2.71. The molecule has 98 valence electrons. The Morgan fingerprint density at radius 2 is 1.94 bits per heavy atom. The first-order chi connectivity index (χ1) is 8.49. The molecular weight excluding hydrogens is 226 g/mol. The number of hydrogen-bond acceptors (Lipinski definition) is 2. The summed E-state index contributed by atoms with van der Waals surface area (Å²) in [5.41, 5.74) is 9.71. The molecule has 0 bridgehead atoms. The maximum absolute atomic E-state index is 10.4. The number of hydrazone groups is 1. The van der Waals surface area contributed by atoms with Gasteiger partial charge in [-0.15, -0.1) is 0 Å². The van der Waals surface area contributed by atoms with E-state index in [4.69, 9.17) is 5.73 Å². The van der Waals surface area contributed by atoms with Crippen molar-refractivity contribution in [1.29, 1.82) is 0 Å². The maximum atomic E-state index is 10.4. The summed E-state index contributed by atoms with van der Waals surface area (Å²) in [5, 5.41) is 3.76. The van der Waals surface area contributed by atoms with Crippen molar-refractivity contribution in [3.05, 3.63) is 35.4 Å². The minimum Gasteiger partial charge on any atom is -0.350 e. The molecule has 4 heteroatoms. The minimum absolute atomic E-state index is 0.252. The van der Waals surface area contributed by atoms with Crippen LogP contribution in [0.3, 0.4) is 0 Å².